The molecule has 0 bridgehead atoms. The fourth-order valence-corrected chi connectivity index (χ4v) is 3.88. The molecule has 124 valence electrons. The van der Waals surface area contributed by atoms with Gasteiger partial charge in [0.2, 0.25) is 5.91 Å². The Labute approximate surface area is 136 Å². The Balaban J connectivity index is 1.68. The molecule has 2 atom stereocenters. The Hall–Kier alpha value is -0.910. The Kier molecular flexibility index (Phi) is 6.86. The summed E-state index contributed by atoms with van der Waals surface area (Å²) in [6.07, 6.45) is 5.28. The van der Waals surface area contributed by atoms with Crippen molar-refractivity contribution in [1.82, 2.24) is 5.32 Å². The minimum Gasteiger partial charge on any atom is -0.387 e. The smallest absolute Gasteiger partial charge is 0.220 e. The van der Waals surface area contributed by atoms with Gasteiger partial charge in [-0.15, -0.1) is 11.3 Å². The summed E-state index contributed by atoms with van der Waals surface area (Å²) >= 11 is 1.55. The van der Waals surface area contributed by atoms with Crippen molar-refractivity contribution < 1.29 is 14.6 Å². The van der Waals surface area contributed by atoms with Crippen LogP contribution in [0.4, 0.5) is 0 Å². The van der Waals surface area contributed by atoms with E-state index in [1.54, 1.807) is 18.4 Å². The van der Waals surface area contributed by atoms with Gasteiger partial charge in [-0.05, 0) is 56.4 Å². The molecule has 2 unspecified atom stereocenters. The number of hydrogen-bond donors (Lipinski definition) is 2. The third kappa shape index (κ3) is 5.38. The average Bonchev–Trinajstić information content (AvgIpc) is 3.02. The maximum Gasteiger partial charge on any atom is 0.220 e. The van der Waals surface area contributed by atoms with Crippen molar-refractivity contribution in [3.05, 3.63) is 22.4 Å². The van der Waals surface area contributed by atoms with Gasteiger partial charge in [-0.25, -0.2) is 0 Å². The van der Waals surface area contributed by atoms with Crippen molar-refractivity contribution in [3.8, 4) is 0 Å². The van der Waals surface area contributed by atoms with Crippen LogP contribution >= 0.6 is 11.3 Å². The zero-order chi connectivity index (χ0) is 15.9. The Morgan fingerprint density at radius 1 is 1.45 bits per heavy atom. The summed E-state index contributed by atoms with van der Waals surface area (Å²) < 4.78 is 5.36. The molecule has 1 saturated carbocycles. The number of ether oxygens (including phenoxy) is 1. The lowest BCUT2D eigenvalue weighted by Gasteiger charge is -2.27. The highest BCUT2D eigenvalue weighted by molar-refractivity contribution is 7.10. The van der Waals surface area contributed by atoms with Crippen molar-refractivity contribution >= 4 is 17.2 Å². The van der Waals surface area contributed by atoms with Gasteiger partial charge in [0.05, 0.1) is 12.2 Å². The monoisotopic (exact) mass is 325 g/mol. The molecule has 1 aromatic rings. The SMILES string of the molecule is COC1CCC(CC(=O)NC(C)CC(O)c2cccs2)CC1. The van der Waals surface area contributed by atoms with Crippen LogP contribution in [0.2, 0.25) is 0 Å². The van der Waals surface area contributed by atoms with E-state index < -0.39 is 6.10 Å². The van der Waals surface area contributed by atoms with Crippen LogP contribution in [0.25, 0.3) is 0 Å². The lowest BCUT2D eigenvalue weighted by molar-refractivity contribution is -0.123. The van der Waals surface area contributed by atoms with Crippen LogP contribution in [-0.4, -0.2) is 30.3 Å². The molecule has 0 aromatic carbocycles. The standard InChI is InChI=1S/C17H27NO3S/c1-12(10-15(19)16-4-3-9-22-16)18-17(20)11-13-5-7-14(21-2)8-6-13/h3-4,9,12-15,19H,5-8,10-11H2,1-2H3,(H,18,20). The van der Waals surface area contributed by atoms with Crippen molar-refractivity contribution in [2.45, 2.75) is 63.7 Å². The molecular formula is C17H27NO3S. The maximum atomic E-state index is 12.1. The van der Waals surface area contributed by atoms with Crippen molar-refractivity contribution in [3.63, 3.8) is 0 Å². The van der Waals surface area contributed by atoms with Gasteiger partial charge in [-0.3, -0.25) is 4.79 Å². The van der Waals surface area contributed by atoms with E-state index in [2.05, 4.69) is 5.32 Å². The van der Waals surface area contributed by atoms with Gasteiger partial charge >= 0.3 is 0 Å². The van der Waals surface area contributed by atoms with Crippen molar-refractivity contribution in [2.24, 2.45) is 5.92 Å². The molecule has 0 aliphatic heterocycles. The van der Waals surface area contributed by atoms with Crippen LogP contribution < -0.4 is 5.32 Å². The number of carbonyl (C=O) groups excluding carboxylic acids is 1. The summed E-state index contributed by atoms with van der Waals surface area (Å²) in [7, 11) is 1.76. The molecule has 5 heteroatoms. The molecule has 1 amide bonds. The number of amides is 1. The summed E-state index contributed by atoms with van der Waals surface area (Å²) in [4.78, 5) is 13.1. The van der Waals surface area contributed by atoms with Gasteiger partial charge < -0.3 is 15.2 Å². The molecule has 2 N–H and O–H groups in total. The first kappa shape index (κ1) is 17.4. The van der Waals surface area contributed by atoms with Gasteiger partial charge in [0, 0.05) is 24.4 Å². The molecule has 1 aliphatic rings. The minimum atomic E-state index is -0.493. The normalized spacial score (nSPS) is 24.7. The second kappa shape index (κ2) is 8.65. The predicted octanol–water partition coefficient (Wildman–Crippen LogP) is 3.27. The third-order valence-electron chi connectivity index (χ3n) is 4.46. The first-order valence-electron chi connectivity index (χ1n) is 8.12. The molecule has 1 heterocycles. The van der Waals surface area contributed by atoms with Gasteiger partial charge in [0.15, 0.2) is 0 Å². The van der Waals surface area contributed by atoms with E-state index in [9.17, 15) is 9.90 Å². The van der Waals surface area contributed by atoms with Crippen LogP contribution in [0, 0.1) is 5.92 Å². The molecule has 1 aromatic heterocycles. The predicted molar refractivity (Wildman–Crippen MR) is 88.9 cm³/mol. The Morgan fingerprint density at radius 3 is 2.77 bits per heavy atom. The molecule has 1 fully saturated rings. The van der Waals surface area contributed by atoms with Crippen LogP contribution in [0.3, 0.4) is 0 Å². The molecule has 22 heavy (non-hydrogen) atoms. The largest absolute Gasteiger partial charge is 0.387 e. The van der Waals surface area contributed by atoms with Crippen LogP contribution in [0.1, 0.15) is 56.4 Å². The summed E-state index contributed by atoms with van der Waals surface area (Å²) in [5.41, 5.74) is 0. The lowest BCUT2D eigenvalue weighted by atomic mass is 9.85. The maximum absolute atomic E-state index is 12.1. The van der Waals surface area contributed by atoms with Gasteiger partial charge in [0.25, 0.3) is 0 Å². The number of aliphatic hydroxyl groups is 1. The average molecular weight is 325 g/mol. The van der Waals surface area contributed by atoms with Crippen LogP contribution in [0.15, 0.2) is 17.5 Å². The van der Waals surface area contributed by atoms with Gasteiger partial charge in [0.1, 0.15) is 0 Å². The first-order valence-corrected chi connectivity index (χ1v) is 9.00. The molecule has 0 spiro atoms. The third-order valence-corrected chi connectivity index (χ3v) is 5.43. The Morgan fingerprint density at radius 2 is 2.18 bits per heavy atom. The van der Waals surface area contributed by atoms with Gasteiger partial charge in [-0.1, -0.05) is 6.07 Å². The molecule has 4 nitrogen and oxygen atoms in total. The summed E-state index contributed by atoms with van der Waals surface area (Å²) in [5.74, 6) is 0.576. The number of rotatable bonds is 7. The van der Waals surface area contributed by atoms with E-state index in [-0.39, 0.29) is 11.9 Å². The summed E-state index contributed by atoms with van der Waals surface area (Å²) in [5, 5.41) is 15.1. The zero-order valence-electron chi connectivity index (χ0n) is 13.5. The quantitative estimate of drug-likeness (QED) is 0.809. The topological polar surface area (TPSA) is 58.6 Å². The fraction of sp³-hybridized carbons (Fsp3) is 0.706. The highest BCUT2D eigenvalue weighted by atomic mass is 32.1. The van der Waals surface area contributed by atoms with Crippen LogP contribution in [0.5, 0.6) is 0 Å². The summed E-state index contributed by atoms with van der Waals surface area (Å²) in [6, 6.07) is 3.85. The lowest BCUT2D eigenvalue weighted by Crippen LogP contribution is -2.35. The number of thiophene rings is 1. The summed E-state index contributed by atoms with van der Waals surface area (Å²) in [6.45, 7) is 1.95. The minimum absolute atomic E-state index is 0.0140. The van der Waals surface area contributed by atoms with E-state index in [4.69, 9.17) is 4.74 Å². The Bertz CT molecular complexity index is 441. The molecular weight excluding hydrogens is 298 g/mol. The molecule has 1 aliphatic carbocycles. The molecule has 0 radical (unpaired) electrons. The number of hydrogen-bond acceptors (Lipinski definition) is 4. The van der Waals surface area contributed by atoms with E-state index in [1.807, 2.05) is 24.4 Å². The number of carbonyl (C=O) groups is 1. The fourth-order valence-electron chi connectivity index (χ4n) is 3.16. The van der Waals surface area contributed by atoms with Gasteiger partial charge in [-0.2, -0.15) is 0 Å². The van der Waals surface area contributed by atoms with E-state index in [0.717, 1.165) is 30.6 Å². The highest BCUT2D eigenvalue weighted by Crippen LogP contribution is 2.28. The number of aliphatic hydroxyl groups excluding tert-OH is 1. The first-order chi connectivity index (χ1) is 10.6. The molecule has 2 rings (SSSR count). The van der Waals surface area contributed by atoms with Crippen molar-refractivity contribution in [2.75, 3.05) is 7.11 Å². The van der Waals surface area contributed by atoms with Crippen molar-refractivity contribution in [1.29, 1.82) is 0 Å². The highest BCUT2D eigenvalue weighted by Gasteiger charge is 2.23. The number of methoxy groups -OCH3 is 1. The van der Waals surface area contributed by atoms with E-state index >= 15 is 0 Å². The van der Waals surface area contributed by atoms with E-state index in [0.29, 0.717) is 24.9 Å². The zero-order valence-corrected chi connectivity index (χ0v) is 14.3. The molecule has 0 saturated heterocycles. The van der Waals surface area contributed by atoms with Crippen LogP contribution in [-0.2, 0) is 9.53 Å². The second-order valence-corrected chi connectivity index (χ2v) is 7.30. The van der Waals surface area contributed by atoms with E-state index in [1.165, 1.54) is 0 Å². The second-order valence-electron chi connectivity index (χ2n) is 6.32. The number of nitrogens with one attached hydrogen (secondary N) is 1.